The maximum absolute atomic E-state index is 11.9. The van der Waals surface area contributed by atoms with Gasteiger partial charge >= 0.3 is 11.8 Å². The van der Waals surface area contributed by atoms with Gasteiger partial charge in [-0.1, -0.05) is 6.92 Å². The van der Waals surface area contributed by atoms with E-state index in [4.69, 9.17) is 4.74 Å². The van der Waals surface area contributed by atoms with Gasteiger partial charge < -0.3 is 15.0 Å². The van der Waals surface area contributed by atoms with E-state index in [1.807, 2.05) is 0 Å². The SMILES string of the molecule is CC1CCCN(C(=O)C(=O)NCC2CCCO2)C1. The molecule has 0 aromatic heterocycles. The van der Waals surface area contributed by atoms with Crippen LogP contribution in [0.3, 0.4) is 0 Å². The van der Waals surface area contributed by atoms with E-state index in [-0.39, 0.29) is 12.0 Å². The maximum atomic E-state index is 11.9. The molecular formula is C13H22N2O3. The highest BCUT2D eigenvalue weighted by Crippen LogP contribution is 2.15. The van der Waals surface area contributed by atoms with Crippen LogP contribution in [0.4, 0.5) is 0 Å². The van der Waals surface area contributed by atoms with Crippen molar-refractivity contribution in [2.24, 2.45) is 5.92 Å². The number of hydrogen-bond donors (Lipinski definition) is 1. The number of carbonyl (C=O) groups is 2. The molecule has 2 rings (SSSR count). The Morgan fingerprint density at radius 2 is 2.17 bits per heavy atom. The van der Waals surface area contributed by atoms with Gasteiger partial charge in [0.05, 0.1) is 6.10 Å². The van der Waals surface area contributed by atoms with Gasteiger partial charge in [-0.25, -0.2) is 0 Å². The Labute approximate surface area is 108 Å². The van der Waals surface area contributed by atoms with Crippen LogP contribution in [-0.2, 0) is 14.3 Å². The number of rotatable bonds is 2. The largest absolute Gasteiger partial charge is 0.376 e. The Kier molecular flexibility index (Phi) is 4.58. The first kappa shape index (κ1) is 13.3. The van der Waals surface area contributed by atoms with Crippen LogP contribution >= 0.6 is 0 Å². The van der Waals surface area contributed by atoms with E-state index in [1.54, 1.807) is 4.90 Å². The number of likely N-dealkylation sites (tertiary alicyclic amines) is 1. The molecule has 0 aliphatic carbocycles. The first-order valence-electron chi connectivity index (χ1n) is 6.85. The molecule has 0 aromatic carbocycles. The second kappa shape index (κ2) is 6.18. The van der Waals surface area contributed by atoms with E-state index in [0.29, 0.717) is 25.6 Å². The summed E-state index contributed by atoms with van der Waals surface area (Å²) >= 11 is 0. The van der Waals surface area contributed by atoms with E-state index in [0.717, 1.165) is 32.3 Å². The Balaban J connectivity index is 1.75. The zero-order valence-corrected chi connectivity index (χ0v) is 11.0. The number of piperidine rings is 1. The standard InChI is InChI=1S/C13H22N2O3/c1-10-4-2-6-15(9-10)13(17)12(16)14-8-11-5-3-7-18-11/h10-11H,2-9H2,1H3,(H,14,16). The second-order valence-electron chi connectivity index (χ2n) is 5.34. The first-order valence-corrected chi connectivity index (χ1v) is 6.85. The fraction of sp³-hybridized carbons (Fsp3) is 0.846. The monoisotopic (exact) mass is 254 g/mol. The van der Waals surface area contributed by atoms with Crippen LogP contribution in [0.25, 0.3) is 0 Å². The number of carbonyl (C=O) groups excluding carboxylic acids is 2. The summed E-state index contributed by atoms with van der Waals surface area (Å²) in [5.74, 6) is -0.382. The lowest BCUT2D eigenvalue weighted by atomic mass is 10.0. The Morgan fingerprint density at radius 1 is 1.33 bits per heavy atom. The molecular weight excluding hydrogens is 232 g/mol. The number of ether oxygens (including phenoxy) is 1. The van der Waals surface area contributed by atoms with Crippen LogP contribution in [0.5, 0.6) is 0 Å². The number of amides is 2. The Morgan fingerprint density at radius 3 is 2.83 bits per heavy atom. The summed E-state index contributed by atoms with van der Waals surface area (Å²) in [6.07, 6.45) is 4.22. The van der Waals surface area contributed by atoms with Crippen LogP contribution in [0.15, 0.2) is 0 Å². The normalized spacial score (nSPS) is 28.2. The summed E-state index contributed by atoms with van der Waals surface area (Å²) in [6, 6.07) is 0. The van der Waals surface area contributed by atoms with Gasteiger partial charge in [-0.3, -0.25) is 9.59 Å². The predicted octanol–water partition coefficient (Wildman–Crippen LogP) is 0.540. The quantitative estimate of drug-likeness (QED) is 0.732. The van der Waals surface area contributed by atoms with Crippen molar-refractivity contribution in [3.8, 4) is 0 Å². The van der Waals surface area contributed by atoms with Gasteiger partial charge in [0.2, 0.25) is 0 Å². The summed E-state index contributed by atoms with van der Waals surface area (Å²) in [5.41, 5.74) is 0. The lowest BCUT2D eigenvalue weighted by Gasteiger charge is -2.30. The highest BCUT2D eigenvalue weighted by molar-refractivity contribution is 6.35. The minimum Gasteiger partial charge on any atom is -0.376 e. The van der Waals surface area contributed by atoms with Crippen LogP contribution < -0.4 is 5.32 Å². The summed E-state index contributed by atoms with van der Waals surface area (Å²) < 4.78 is 5.41. The summed E-state index contributed by atoms with van der Waals surface area (Å²) in [5, 5.41) is 2.68. The molecule has 1 N–H and O–H groups in total. The topological polar surface area (TPSA) is 58.6 Å². The van der Waals surface area contributed by atoms with E-state index >= 15 is 0 Å². The van der Waals surface area contributed by atoms with Crippen LogP contribution in [0.1, 0.15) is 32.6 Å². The van der Waals surface area contributed by atoms with Gasteiger partial charge in [0.25, 0.3) is 0 Å². The van der Waals surface area contributed by atoms with Crippen LogP contribution in [-0.4, -0.2) is 49.1 Å². The molecule has 0 bridgehead atoms. The van der Waals surface area contributed by atoms with Crippen molar-refractivity contribution in [1.82, 2.24) is 10.2 Å². The molecule has 2 aliphatic heterocycles. The molecule has 0 radical (unpaired) electrons. The molecule has 2 unspecified atom stereocenters. The minimum atomic E-state index is -0.486. The molecule has 0 saturated carbocycles. The van der Waals surface area contributed by atoms with Crippen molar-refractivity contribution < 1.29 is 14.3 Å². The summed E-state index contributed by atoms with van der Waals surface area (Å²) in [6.45, 7) is 4.73. The first-order chi connectivity index (χ1) is 8.66. The van der Waals surface area contributed by atoms with Gasteiger partial charge in [0, 0.05) is 26.2 Å². The molecule has 0 spiro atoms. The predicted molar refractivity (Wildman–Crippen MR) is 67.0 cm³/mol. The van der Waals surface area contributed by atoms with Gasteiger partial charge in [-0.15, -0.1) is 0 Å². The number of nitrogens with one attached hydrogen (secondary N) is 1. The fourth-order valence-corrected chi connectivity index (χ4v) is 2.60. The van der Waals surface area contributed by atoms with Gasteiger partial charge in [-0.05, 0) is 31.6 Å². The van der Waals surface area contributed by atoms with Crippen molar-refractivity contribution in [1.29, 1.82) is 0 Å². The molecule has 5 nitrogen and oxygen atoms in total. The molecule has 2 heterocycles. The average molecular weight is 254 g/mol. The van der Waals surface area contributed by atoms with Crippen LogP contribution in [0, 0.1) is 5.92 Å². The van der Waals surface area contributed by atoms with Crippen molar-refractivity contribution in [2.45, 2.75) is 38.7 Å². The van der Waals surface area contributed by atoms with Gasteiger partial charge in [0.1, 0.15) is 0 Å². The third-order valence-electron chi connectivity index (χ3n) is 3.65. The van der Waals surface area contributed by atoms with Crippen molar-refractivity contribution >= 4 is 11.8 Å². The second-order valence-corrected chi connectivity index (χ2v) is 5.34. The third-order valence-corrected chi connectivity index (χ3v) is 3.65. The number of nitrogens with zero attached hydrogens (tertiary/aromatic N) is 1. The highest BCUT2D eigenvalue weighted by atomic mass is 16.5. The van der Waals surface area contributed by atoms with E-state index in [9.17, 15) is 9.59 Å². The highest BCUT2D eigenvalue weighted by Gasteiger charge is 2.26. The fourth-order valence-electron chi connectivity index (χ4n) is 2.60. The summed E-state index contributed by atoms with van der Waals surface area (Å²) in [7, 11) is 0. The molecule has 2 atom stereocenters. The van der Waals surface area contributed by atoms with Gasteiger partial charge in [0.15, 0.2) is 0 Å². The minimum absolute atomic E-state index is 0.0852. The molecule has 5 heteroatoms. The zero-order valence-electron chi connectivity index (χ0n) is 11.0. The Hall–Kier alpha value is -1.10. The molecule has 0 aromatic rings. The number of hydrogen-bond acceptors (Lipinski definition) is 3. The van der Waals surface area contributed by atoms with Crippen LogP contribution in [0.2, 0.25) is 0 Å². The maximum Gasteiger partial charge on any atom is 0.311 e. The molecule has 18 heavy (non-hydrogen) atoms. The molecule has 2 aliphatic rings. The van der Waals surface area contributed by atoms with Crippen molar-refractivity contribution in [3.63, 3.8) is 0 Å². The van der Waals surface area contributed by atoms with E-state index in [2.05, 4.69) is 12.2 Å². The lowest BCUT2D eigenvalue weighted by molar-refractivity contribution is -0.147. The average Bonchev–Trinajstić information content (AvgIpc) is 2.88. The van der Waals surface area contributed by atoms with E-state index in [1.165, 1.54) is 0 Å². The molecule has 102 valence electrons. The van der Waals surface area contributed by atoms with Gasteiger partial charge in [-0.2, -0.15) is 0 Å². The third kappa shape index (κ3) is 3.45. The smallest absolute Gasteiger partial charge is 0.311 e. The summed E-state index contributed by atoms with van der Waals surface area (Å²) in [4.78, 5) is 25.3. The lowest BCUT2D eigenvalue weighted by Crippen LogP contribution is -2.48. The van der Waals surface area contributed by atoms with E-state index < -0.39 is 5.91 Å². The molecule has 2 saturated heterocycles. The van der Waals surface area contributed by atoms with Crippen molar-refractivity contribution in [3.05, 3.63) is 0 Å². The Bertz CT molecular complexity index is 313. The van der Waals surface area contributed by atoms with Crippen molar-refractivity contribution in [2.75, 3.05) is 26.2 Å². The zero-order chi connectivity index (χ0) is 13.0. The molecule has 2 fully saturated rings. The molecule has 2 amide bonds.